The summed E-state index contributed by atoms with van der Waals surface area (Å²) in [6.45, 7) is 10.0. The molecule has 0 unspecified atom stereocenters. The van der Waals surface area contributed by atoms with Crippen LogP contribution in [0.2, 0.25) is 0 Å². The van der Waals surface area contributed by atoms with E-state index in [0.29, 0.717) is 26.2 Å². The molecule has 152 valence electrons. The van der Waals surface area contributed by atoms with Crippen LogP contribution in [-0.4, -0.2) is 76.3 Å². The van der Waals surface area contributed by atoms with Crippen molar-refractivity contribution in [2.45, 2.75) is 58.8 Å². The quantitative estimate of drug-likeness (QED) is 0.224. The van der Waals surface area contributed by atoms with E-state index in [4.69, 9.17) is 14.0 Å². The van der Waals surface area contributed by atoms with Crippen LogP contribution < -0.4 is 0 Å². The normalized spacial score (nSPS) is 12.6. The lowest BCUT2D eigenvalue weighted by atomic mass is 10.1. The van der Waals surface area contributed by atoms with Gasteiger partial charge in [-0.25, -0.2) is 0 Å². The van der Waals surface area contributed by atoms with E-state index in [9.17, 15) is 8.42 Å². The van der Waals surface area contributed by atoms with Crippen LogP contribution in [0.3, 0.4) is 0 Å². The molecule has 0 aromatic carbocycles. The van der Waals surface area contributed by atoms with E-state index in [1.165, 1.54) is 25.7 Å². The van der Waals surface area contributed by atoms with Crippen LogP contribution in [0.15, 0.2) is 0 Å². The maximum Gasteiger partial charge on any atom is 0.265 e. The summed E-state index contributed by atoms with van der Waals surface area (Å²) in [7, 11) is -2.23. The molecule has 0 aliphatic heterocycles. The first-order valence-electron chi connectivity index (χ1n) is 9.76. The predicted molar refractivity (Wildman–Crippen MR) is 103 cm³/mol. The maximum atomic E-state index is 11.1. The van der Waals surface area contributed by atoms with E-state index in [1.807, 2.05) is 0 Å². The summed E-state index contributed by atoms with van der Waals surface area (Å²) in [5.41, 5.74) is 0. The third-order valence-corrected chi connectivity index (χ3v) is 5.45. The molecule has 0 aliphatic rings. The Hall–Kier alpha value is -0.210. The van der Waals surface area contributed by atoms with Crippen molar-refractivity contribution in [2.75, 3.05) is 58.9 Å². The Kier molecular flexibility index (Phi) is 14.8. The van der Waals surface area contributed by atoms with Crippen molar-refractivity contribution < 1.29 is 26.9 Å². The third-order valence-electron chi connectivity index (χ3n) is 4.65. The Morgan fingerprint density at radius 2 is 1.36 bits per heavy atom. The molecule has 0 amide bonds. The number of hydrogen-bond acceptors (Lipinski definition) is 4. The van der Waals surface area contributed by atoms with Crippen molar-refractivity contribution in [1.82, 2.24) is 0 Å². The van der Waals surface area contributed by atoms with Gasteiger partial charge in [-0.2, -0.15) is 8.42 Å². The van der Waals surface area contributed by atoms with Crippen molar-refractivity contribution in [2.24, 2.45) is 0 Å². The summed E-state index contributed by atoms with van der Waals surface area (Å²) in [6, 6.07) is 0. The molecule has 0 radical (unpaired) electrons. The SMILES string of the molecule is CCCCC[N+](CCCCC)(CCCS(=O)(=O)O)CCOCCOC. The van der Waals surface area contributed by atoms with Gasteiger partial charge in [-0.15, -0.1) is 0 Å². The van der Waals surface area contributed by atoms with Crippen LogP contribution in [0.1, 0.15) is 58.8 Å². The summed E-state index contributed by atoms with van der Waals surface area (Å²) in [4.78, 5) is 0. The van der Waals surface area contributed by atoms with Crippen molar-refractivity contribution >= 4 is 10.1 Å². The fourth-order valence-electron chi connectivity index (χ4n) is 3.15. The minimum absolute atomic E-state index is 0.154. The molecule has 0 fully saturated rings. The van der Waals surface area contributed by atoms with Crippen LogP contribution in [0.25, 0.3) is 0 Å². The molecule has 25 heavy (non-hydrogen) atoms. The molecule has 0 aromatic rings. The van der Waals surface area contributed by atoms with E-state index >= 15 is 0 Å². The second kappa shape index (κ2) is 14.9. The van der Waals surface area contributed by atoms with E-state index in [-0.39, 0.29) is 5.75 Å². The van der Waals surface area contributed by atoms with E-state index in [1.54, 1.807) is 7.11 Å². The van der Waals surface area contributed by atoms with Crippen LogP contribution in [0.4, 0.5) is 0 Å². The maximum absolute atomic E-state index is 11.1. The first-order chi connectivity index (χ1) is 11.9. The van der Waals surface area contributed by atoms with Gasteiger partial charge in [-0.3, -0.25) is 4.55 Å². The lowest BCUT2D eigenvalue weighted by molar-refractivity contribution is -0.929. The number of ether oxygens (including phenoxy) is 2. The molecule has 0 aliphatic carbocycles. The van der Waals surface area contributed by atoms with E-state index < -0.39 is 10.1 Å². The molecule has 0 spiro atoms. The van der Waals surface area contributed by atoms with Gasteiger partial charge in [0.05, 0.1) is 45.2 Å². The summed E-state index contributed by atoms with van der Waals surface area (Å²) in [6.07, 6.45) is 7.51. The van der Waals surface area contributed by atoms with Gasteiger partial charge in [0.25, 0.3) is 10.1 Å². The average molecular weight is 383 g/mol. The molecule has 6 nitrogen and oxygen atoms in total. The van der Waals surface area contributed by atoms with Gasteiger partial charge < -0.3 is 14.0 Å². The van der Waals surface area contributed by atoms with Crippen molar-refractivity contribution in [3.05, 3.63) is 0 Å². The zero-order chi connectivity index (χ0) is 19.0. The number of hydrogen-bond donors (Lipinski definition) is 1. The highest BCUT2D eigenvalue weighted by Crippen LogP contribution is 2.15. The third kappa shape index (κ3) is 14.6. The lowest BCUT2D eigenvalue weighted by Crippen LogP contribution is -2.52. The van der Waals surface area contributed by atoms with Crippen molar-refractivity contribution in [3.8, 4) is 0 Å². The number of methoxy groups -OCH3 is 1. The van der Waals surface area contributed by atoms with Crippen molar-refractivity contribution in [1.29, 1.82) is 0 Å². The van der Waals surface area contributed by atoms with Gasteiger partial charge in [0, 0.05) is 13.5 Å². The molecule has 0 aromatic heterocycles. The highest BCUT2D eigenvalue weighted by atomic mass is 32.2. The standard InChI is InChI=1S/C18H39NO5S/c1-4-6-8-11-19(12-9-7-5-2,13-10-18-25(20,21)22)14-15-24-17-16-23-3/h4-18H2,1-3H3/p+1. The molecular weight excluding hydrogens is 342 g/mol. The van der Waals surface area contributed by atoms with Gasteiger partial charge in [-0.1, -0.05) is 26.7 Å². The van der Waals surface area contributed by atoms with Gasteiger partial charge in [-0.05, 0) is 25.7 Å². The Bertz CT molecular complexity index is 390. The van der Waals surface area contributed by atoms with Crippen LogP contribution in [0.5, 0.6) is 0 Å². The second-order valence-corrected chi connectivity index (χ2v) is 8.47. The molecular formula is C18H40NO5S+. The Morgan fingerprint density at radius 3 is 1.84 bits per heavy atom. The Morgan fingerprint density at radius 1 is 0.800 bits per heavy atom. The molecule has 0 heterocycles. The van der Waals surface area contributed by atoms with E-state index in [0.717, 1.165) is 43.5 Å². The molecule has 0 saturated carbocycles. The van der Waals surface area contributed by atoms with Crippen molar-refractivity contribution in [3.63, 3.8) is 0 Å². The number of unbranched alkanes of at least 4 members (excludes halogenated alkanes) is 4. The molecule has 7 heteroatoms. The van der Waals surface area contributed by atoms with Crippen LogP contribution >= 0.6 is 0 Å². The zero-order valence-corrected chi connectivity index (χ0v) is 17.4. The smallest absolute Gasteiger partial charge is 0.265 e. The number of nitrogens with zero attached hydrogens (tertiary/aromatic N) is 1. The minimum atomic E-state index is -3.89. The fourth-order valence-corrected chi connectivity index (χ4v) is 3.64. The van der Waals surface area contributed by atoms with Crippen LogP contribution in [0, 0.1) is 0 Å². The monoisotopic (exact) mass is 382 g/mol. The fraction of sp³-hybridized carbons (Fsp3) is 1.00. The highest BCUT2D eigenvalue weighted by Gasteiger charge is 2.26. The summed E-state index contributed by atoms with van der Waals surface area (Å²) in [5, 5.41) is 0. The Labute approximate surface area is 155 Å². The van der Waals surface area contributed by atoms with Gasteiger partial charge >= 0.3 is 0 Å². The minimum Gasteiger partial charge on any atom is -0.382 e. The number of rotatable bonds is 18. The van der Waals surface area contributed by atoms with Gasteiger partial charge in [0.1, 0.15) is 6.54 Å². The topological polar surface area (TPSA) is 72.8 Å². The largest absolute Gasteiger partial charge is 0.382 e. The molecule has 0 rings (SSSR count). The summed E-state index contributed by atoms with van der Waals surface area (Å²) < 4.78 is 42.8. The number of quaternary nitrogens is 1. The predicted octanol–water partition coefficient (Wildman–Crippen LogP) is 3.12. The van der Waals surface area contributed by atoms with E-state index in [2.05, 4.69) is 13.8 Å². The first kappa shape index (κ1) is 24.8. The summed E-state index contributed by atoms with van der Waals surface area (Å²) in [5.74, 6) is -0.154. The Balaban J connectivity index is 4.77. The summed E-state index contributed by atoms with van der Waals surface area (Å²) >= 11 is 0. The lowest BCUT2D eigenvalue weighted by Gasteiger charge is -2.39. The molecule has 1 N–H and O–H groups in total. The van der Waals surface area contributed by atoms with Crippen LogP contribution in [-0.2, 0) is 19.6 Å². The molecule has 0 bridgehead atoms. The second-order valence-electron chi connectivity index (χ2n) is 6.90. The highest BCUT2D eigenvalue weighted by molar-refractivity contribution is 7.85. The average Bonchev–Trinajstić information content (AvgIpc) is 2.54. The molecule has 0 saturated heterocycles. The zero-order valence-electron chi connectivity index (χ0n) is 16.5. The molecule has 0 atom stereocenters. The first-order valence-corrected chi connectivity index (χ1v) is 11.4. The van der Waals surface area contributed by atoms with Gasteiger partial charge in [0.2, 0.25) is 0 Å². The van der Waals surface area contributed by atoms with Gasteiger partial charge in [0.15, 0.2) is 0 Å².